The van der Waals surface area contributed by atoms with E-state index in [9.17, 15) is 4.79 Å². The van der Waals surface area contributed by atoms with Gasteiger partial charge in [0.25, 0.3) is 0 Å². The van der Waals surface area contributed by atoms with Crippen LogP contribution in [0.2, 0.25) is 6.04 Å². The van der Waals surface area contributed by atoms with Crippen molar-refractivity contribution in [1.82, 2.24) is 0 Å². The summed E-state index contributed by atoms with van der Waals surface area (Å²) in [6.45, 7) is 13.8. The first-order valence-electron chi connectivity index (χ1n) is 9.95. The minimum absolute atomic E-state index is 0.0743. The lowest BCUT2D eigenvalue weighted by Crippen LogP contribution is -2.46. The summed E-state index contributed by atoms with van der Waals surface area (Å²) in [4.78, 5) is 11.9. The van der Waals surface area contributed by atoms with E-state index in [2.05, 4.69) is 0 Å². The van der Waals surface area contributed by atoms with Gasteiger partial charge in [0, 0.05) is 25.9 Å². The number of hydrogen-bond acceptors (Lipinski definition) is 5. The first-order chi connectivity index (χ1) is 12.7. The second kappa shape index (κ2) is 11.6. The zero-order valence-electron chi connectivity index (χ0n) is 17.8. The molecule has 0 heterocycles. The lowest BCUT2D eigenvalue weighted by molar-refractivity contribution is -0.136. The van der Waals surface area contributed by atoms with Gasteiger partial charge in [-0.05, 0) is 56.7 Å². The van der Waals surface area contributed by atoms with Crippen LogP contribution in [0.3, 0.4) is 0 Å². The number of hydrogen-bond donors (Lipinski definition) is 0. The van der Waals surface area contributed by atoms with Crippen molar-refractivity contribution in [2.45, 2.75) is 66.8 Å². The van der Waals surface area contributed by atoms with E-state index in [0.29, 0.717) is 32.0 Å². The smallest absolute Gasteiger partial charge is 0.427 e. The third kappa shape index (κ3) is 9.51. The van der Waals surface area contributed by atoms with E-state index in [1.165, 1.54) is 5.56 Å². The Balaban J connectivity index is 2.56. The maximum absolute atomic E-state index is 11.9. The molecule has 0 N–H and O–H groups in total. The number of aryl methyl sites for hydroxylation is 1. The van der Waals surface area contributed by atoms with Crippen LogP contribution in [0, 0.1) is 5.41 Å². The Kier molecular flexibility index (Phi) is 10.2. The van der Waals surface area contributed by atoms with Gasteiger partial charge in [-0.3, -0.25) is 4.79 Å². The fourth-order valence-corrected chi connectivity index (χ4v) is 5.45. The number of benzene rings is 1. The highest BCUT2D eigenvalue weighted by atomic mass is 28.4. The van der Waals surface area contributed by atoms with E-state index in [1.54, 1.807) is 0 Å². The van der Waals surface area contributed by atoms with Crippen LogP contribution >= 0.6 is 0 Å². The van der Waals surface area contributed by atoms with E-state index >= 15 is 0 Å². The van der Waals surface area contributed by atoms with E-state index in [4.69, 9.17) is 18.0 Å². The topological polar surface area (TPSA) is 54.0 Å². The molecule has 154 valence electrons. The summed E-state index contributed by atoms with van der Waals surface area (Å²) in [5.41, 5.74) is 1.12. The summed E-state index contributed by atoms with van der Waals surface area (Å²) >= 11 is 0. The van der Waals surface area contributed by atoms with Gasteiger partial charge in [0.1, 0.15) is 5.75 Å². The van der Waals surface area contributed by atoms with Crippen molar-refractivity contribution in [1.29, 1.82) is 0 Å². The van der Waals surface area contributed by atoms with E-state index in [-0.39, 0.29) is 11.4 Å². The summed E-state index contributed by atoms with van der Waals surface area (Å²) in [5, 5.41) is 0. The largest absolute Gasteiger partial charge is 0.500 e. The molecule has 1 aromatic carbocycles. The highest BCUT2D eigenvalue weighted by Gasteiger charge is 2.39. The van der Waals surface area contributed by atoms with Crippen LogP contribution < -0.4 is 4.74 Å². The zero-order valence-corrected chi connectivity index (χ0v) is 18.8. The average molecular weight is 397 g/mol. The van der Waals surface area contributed by atoms with Gasteiger partial charge in [0.2, 0.25) is 0 Å². The van der Waals surface area contributed by atoms with Crippen molar-refractivity contribution >= 4 is 14.8 Å². The number of carbonyl (C=O) groups is 1. The van der Waals surface area contributed by atoms with Gasteiger partial charge in [0.05, 0.1) is 6.42 Å². The summed E-state index contributed by atoms with van der Waals surface area (Å²) in [6, 6.07) is 8.52. The molecular formula is C21H36O5Si. The number of esters is 1. The molecule has 0 aromatic heterocycles. The molecule has 0 fully saturated rings. The highest BCUT2D eigenvalue weighted by molar-refractivity contribution is 6.60. The molecule has 5 nitrogen and oxygen atoms in total. The Morgan fingerprint density at radius 2 is 1.44 bits per heavy atom. The lowest BCUT2D eigenvalue weighted by atomic mass is 9.92. The Hall–Kier alpha value is -1.21. The molecule has 27 heavy (non-hydrogen) atoms. The van der Waals surface area contributed by atoms with Crippen molar-refractivity contribution in [3.8, 4) is 5.75 Å². The number of carbonyl (C=O) groups excluding carboxylic acids is 1. The fourth-order valence-electron chi connectivity index (χ4n) is 2.83. The molecule has 0 aliphatic heterocycles. The summed E-state index contributed by atoms with van der Waals surface area (Å²) in [7, 11) is -2.57. The minimum Gasteiger partial charge on any atom is -0.427 e. The molecule has 1 rings (SSSR count). The second-order valence-corrected chi connectivity index (χ2v) is 10.4. The maximum Gasteiger partial charge on any atom is 0.500 e. The Labute approximate surface area is 165 Å². The summed E-state index contributed by atoms with van der Waals surface area (Å²) in [6.07, 6.45) is 2.22. The van der Waals surface area contributed by atoms with Crippen LogP contribution in [-0.4, -0.2) is 34.6 Å². The first-order valence-corrected chi connectivity index (χ1v) is 11.9. The zero-order chi connectivity index (χ0) is 20.3. The van der Waals surface area contributed by atoms with Gasteiger partial charge in [0.15, 0.2) is 0 Å². The molecule has 0 aliphatic carbocycles. The molecule has 0 saturated carbocycles. The lowest BCUT2D eigenvalue weighted by Gasteiger charge is -2.28. The normalized spacial score (nSPS) is 12.2. The molecular weight excluding hydrogens is 360 g/mol. The molecule has 0 amide bonds. The number of rotatable bonds is 12. The maximum atomic E-state index is 11.9. The average Bonchev–Trinajstić information content (AvgIpc) is 2.55. The van der Waals surface area contributed by atoms with E-state index in [1.807, 2.05) is 65.8 Å². The third-order valence-corrected chi connectivity index (χ3v) is 7.02. The SMILES string of the molecule is CCO[Si](CCCc1ccc(OC(=O)CC(C)(C)C)cc1)(OCC)OCC. The Morgan fingerprint density at radius 1 is 0.926 bits per heavy atom. The predicted molar refractivity (Wildman–Crippen MR) is 110 cm³/mol. The molecule has 0 unspecified atom stereocenters. The van der Waals surface area contributed by atoms with Crippen molar-refractivity contribution in [3.63, 3.8) is 0 Å². The van der Waals surface area contributed by atoms with Crippen molar-refractivity contribution in [2.24, 2.45) is 5.41 Å². The molecule has 1 aromatic rings. The van der Waals surface area contributed by atoms with Gasteiger partial charge in [-0.2, -0.15) is 0 Å². The fraction of sp³-hybridized carbons (Fsp3) is 0.667. The molecule has 6 heteroatoms. The van der Waals surface area contributed by atoms with Crippen molar-refractivity contribution < 1.29 is 22.8 Å². The van der Waals surface area contributed by atoms with Crippen LogP contribution in [-0.2, 0) is 24.5 Å². The van der Waals surface area contributed by atoms with Crippen LogP contribution in [0.1, 0.15) is 59.9 Å². The minimum atomic E-state index is -2.57. The molecule has 0 spiro atoms. The van der Waals surface area contributed by atoms with Crippen LogP contribution in [0.4, 0.5) is 0 Å². The van der Waals surface area contributed by atoms with Crippen LogP contribution in [0.25, 0.3) is 0 Å². The van der Waals surface area contributed by atoms with Gasteiger partial charge in [-0.1, -0.05) is 32.9 Å². The predicted octanol–water partition coefficient (Wildman–Crippen LogP) is 5.01. The van der Waals surface area contributed by atoms with Crippen molar-refractivity contribution in [3.05, 3.63) is 29.8 Å². The van der Waals surface area contributed by atoms with Gasteiger partial charge in [-0.15, -0.1) is 0 Å². The van der Waals surface area contributed by atoms with Crippen LogP contribution in [0.5, 0.6) is 5.75 Å². The Bertz CT molecular complexity index is 534. The van der Waals surface area contributed by atoms with Crippen molar-refractivity contribution in [2.75, 3.05) is 19.8 Å². The third-order valence-electron chi connectivity index (χ3n) is 3.87. The van der Waals surface area contributed by atoms with E-state index in [0.717, 1.165) is 18.9 Å². The second-order valence-electron chi connectivity index (χ2n) is 7.69. The van der Waals surface area contributed by atoms with Gasteiger partial charge >= 0.3 is 14.8 Å². The monoisotopic (exact) mass is 396 g/mol. The molecule has 0 saturated heterocycles. The molecule has 0 radical (unpaired) electrons. The first kappa shape index (κ1) is 23.8. The van der Waals surface area contributed by atoms with Gasteiger partial charge < -0.3 is 18.0 Å². The quantitative estimate of drug-likeness (QED) is 0.282. The van der Waals surface area contributed by atoms with Crippen LogP contribution in [0.15, 0.2) is 24.3 Å². The molecule has 0 bridgehead atoms. The Morgan fingerprint density at radius 3 is 1.89 bits per heavy atom. The highest BCUT2D eigenvalue weighted by Crippen LogP contribution is 2.23. The standard InChI is InChI=1S/C21H36O5Si/c1-7-23-27(24-8-2,25-9-3)16-10-11-18-12-14-19(15-13-18)26-20(22)17-21(4,5)6/h12-15H,7-11,16-17H2,1-6H3. The molecule has 0 aliphatic rings. The summed E-state index contributed by atoms with van der Waals surface area (Å²) < 4.78 is 23.1. The van der Waals surface area contributed by atoms with Gasteiger partial charge in [-0.25, -0.2) is 0 Å². The molecule has 0 atom stereocenters. The summed E-state index contributed by atoms with van der Waals surface area (Å²) in [5.74, 6) is 0.394. The van der Waals surface area contributed by atoms with E-state index < -0.39 is 8.80 Å². The number of ether oxygens (including phenoxy) is 1.